The van der Waals surface area contributed by atoms with Crippen LogP contribution in [0, 0.1) is 0 Å². The summed E-state index contributed by atoms with van der Waals surface area (Å²) in [7, 11) is -1.22. The molecule has 0 bridgehead atoms. The molecule has 0 aliphatic carbocycles. The zero-order valence-corrected chi connectivity index (χ0v) is 14.7. The summed E-state index contributed by atoms with van der Waals surface area (Å²) in [6.45, 7) is 0. The lowest BCUT2D eigenvalue weighted by Gasteiger charge is -2.03. The Kier molecular flexibility index (Phi) is 4.31. The van der Waals surface area contributed by atoms with Crippen LogP contribution in [-0.2, 0) is 16.6 Å². The molecule has 3 rings (SSSR count). The third-order valence-corrected chi connectivity index (χ3v) is 6.41. The van der Waals surface area contributed by atoms with E-state index in [4.69, 9.17) is 17.3 Å². The highest BCUT2D eigenvalue weighted by Gasteiger charge is 2.13. The number of rotatable bonds is 3. The topological polar surface area (TPSA) is 56.0 Å². The Balaban J connectivity index is 1.89. The first-order valence-corrected chi connectivity index (χ1v) is 9.32. The van der Waals surface area contributed by atoms with Crippen molar-refractivity contribution in [2.45, 2.75) is 10.1 Å². The number of hydrogen-bond acceptors (Lipinski definition) is 4. The fourth-order valence-corrected chi connectivity index (χ4v) is 5.10. The molecular formula is C14H10BrClN2OS2. The van der Waals surface area contributed by atoms with Crippen LogP contribution in [0.2, 0.25) is 5.02 Å². The molecule has 21 heavy (non-hydrogen) atoms. The van der Waals surface area contributed by atoms with E-state index in [0.717, 1.165) is 20.3 Å². The van der Waals surface area contributed by atoms with Crippen LogP contribution in [-0.4, -0.2) is 9.19 Å². The molecule has 1 unspecified atom stereocenters. The molecule has 0 amide bonds. The number of hydrogen-bond donors (Lipinski definition) is 1. The van der Waals surface area contributed by atoms with Crippen LogP contribution in [0.3, 0.4) is 0 Å². The minimum Gasteiger partial charge on any atom is -0.399 e. The summed E-state index contributed by atoms with van der Waals surface area (Å²) in [5, 5.41) is 0.600. The van der Waals surface area contributed by atoms with Crippen LogP contribution in [0.5, 0.6) is 0 Å². The standard InChI is InChI=1S/C14H10BrClN2OS2/c15-9-2-1-8(11(16)5-9)7-21(19)14-18-12-4-3-10(17)6-13(12)20-14/h1-6H,7,17H2. The molecule has 0 spiro atoms. The molecule has 0 fully saturated rings. The summed E-state index contributed by atoms with van der Waals surface area (Å²) in [5.74, 6) is 0.349. The van der Waals surface area contributed by atoms with E-state index >= 15 is 0 Å². The minimum atomic E-state index is -1.22. The Morgan fingerprint density at radius 2 is 2.10 bits per heavy atom. The van der Waals surface area contributed by atoms with Gasteiger partial charge >= 0.3 is 0 Å². The van der Waals surface area contributed by atoms with Gasteiger partial charge in [-0.05, 0) is 35.9 Å². The van der Waals surface area contributed by atoms with E-state index in [1.807, 2.05) is 24.3 Å². The van der Waals surface area contributed by atoms with Crippen molar-refractivity contribution in [3.63, 3.8) is 0 Å². The molecule has 0 radical (unpaired) electrons. The third-order valence-electron chi connectivity index (χ3n) is 2.89. The Morgan fingerprint density at radius 1 is 1.29 bits per heavy atom. The Morgan fingerprint density at radius 3 is 2.86 bits per heavy atom. The van der Waals surface area contributed by atoms with Gasteiger partial charge in [-0.25, -0.2) is 4.98 Å². The van der Waals surface area contributed by atoms with Gasteiger partial charge in [-0.15, -0.1) is 11.3 Å². The zero-order chi connectivity index (χ0) is 15.0. The van der Waals surface area contributed by atoms with E-state index < -0.39 is 10.8 Å². The number of aromatic nitrogens is 1. The lowest BCUT2D eigenvalue weighted by molar-refractivity contribution is 0.682. The van der Waals surface area contributed by atoms with Crippen LogP contribution in [0.1, 0.15) is 5.56 Å². The van der Waals surface area contributed by atoms with Crippen molar-refractivity contribution < 1.29 is 4.21 Å². The molecule has 1 atom stereocenters. The number of anilines is 1. The van der Waals surface area contributed by atoms with Crippen LogP contribution in [0.25, 0.3) is 10.2 Å². The predicted octanol–water partition coefficient (Wildman–Crippen LogP) is 4.60. The maximum absolute atomic E-state index is 12.5. The van der Waals surface area contributed by atoms with Gasteiger partial charge in [0, 0.05) is 15.2 Å². The van der Waals surface area contributed by atoms with Gasteiger partial charge in [0.25, 0.3) is 0 Å². The molecule has 0 saturated carbocycles. The zero-order valence-electron chi connectivity index (χ0n) is 10.7. The van der Waals surface area contributed by atoms with Gasteiger partial charge in [0.05, 0.1) is 26.8 Å². The Bertz CT molecular complexity index is 850. The lowest BCUT2D eigenvalue weighted by atomic mass is 10.2. The number of nitrogens with zero attached hydrogens (tertiary/aromatic N) is 1. The molecule has 3 nitrogen and oxygen atoms in total. The smallest absolute Gasteiger partial charge is 0.182 e. The van der Waals surface area contributed by atoms with Crippen molar-refractivity contribution in [3.05, 3.63) is 51.5 Å². The Hall–Kier alpha value is -0.950. The van der Waals surface area contributed by atoms with Crippen molar-refractivity contribution >= 4 is 65.6 Å². The minimum absolute atomic E-state index is 0.349. The first kappa shape index (κ1) is 15.0. The molecule has 1 aromatic heterocycles. The fraction of sp³-hybridized carbons (Fsp3) is 0.0714. The number of thiazole rings is 1. The molecular weight excluding hydrogens is 392 g/mol. The van der Waals surface area contributed by atoms with Gasteiger partial charge in [-0.1, -0.05) is 33.6 Å². The first-order valence-electron chi connectivity index (χ1n) is 6.01. The molecule has 7 heteroatoms. The van der Waals surface area contributed by atoms with Gasteiger partial charge in [0.15, 0.2) is 4.34 Å². The molecule has 1 heterocycles. The fourth-order valence-electron chi connectivity index (χ4n) is 1.86. The molecule has 2 N–H and O–H groups in total. The van der Waals surface area contributed by atoms with E-state index in [1.54, 1.807) is 12.1 Å². The SMILES string of the molecule is Nc1ccc2nc(S(=O)Cc3ccc(Br)cc3Cl)sc2c1. The van der Waals surface area contributed by atoms with Gasteiger partial charge in [-0.2, -0.15) is 0 Å². The number of nitrogens with two attached hydrogens (primary N) is 1. The molecule has 2 aromatic carbocycles. The van der Waals surface area contributed by atoms with Crippen LogP contribution >= 0.6 is 38.9 Å². The normalized spacial score (nSPS) is 12.7. The van der Waals surface area contributed by atoms with E-state index in [0.29, 0.717) is 20.8 Å². The molecule has 0 aliphatic rings. The van der Waals surface area contributed by atoms with Gasteiger partial charge in [-0.3, -0.25) is 4.21 Å². The van der Waals surface area contributed by atoms with E-state index in [1.165, 1.54) is 11.3 Å². The summed E-state index contributed by atoms with van der Waals surface area (Å²) in [6, 6.07) is 11.0. The highest BCUT2D eigenvalue weighted by molar-refractivity contribution is 9.10. The lowest BCUT2D eigenvalue weighted by Crippen LogP contribution is -1.96. The predicted molar refractivity (Wildman–Crippen MR) is 93.3 cm³/mol. The van der Waals surface area contributed by atoms with E-state index in [2.05, 4.69) is 20.9 Å². The molecule has 0 aliphatic heterocycles. The summed E-state index contributed by atoms with van der Waals surface area (Å²) in [6.07, 6.45) is 0. The van der Waals surface area contributed by atoms with Crippen molar-refractivity contribution in [3.8, 4) is 0 Å². The second-order valence-corrected chi connectivity index (χ2v) is 8.41. The summed E-state index contributed by atoms with van der Waals surface area (Å²) in [5.41, 5.74) is 8.09. The van der Waals surface area contributed by atoms with Crippen LogP contribution in [0.4, 0.5) is 5.69 Å². The van der Waals surface area contributed by atoms with Crippen LogP contribution in [0.15, 0.2) is 45.2 Å². The third kappa shape index (κ3) is 3.29. The molecule has 108 valence electrons. The second-order valence-electron chi connectivity index (χ2n) is 4.43. The number of fused-ring (bicyclic) bond motifs is 1. The summed E-state index contributed by atoms with van der Waals surface area (Å²) < 4.78 is 14.9. The summed E-state index contributed by atoms with van der Waals surface area (Å²) in [4.78, 5) is 4.41. The van der Waals surface area contributed by atoms with Gasteiger partial charge < -0.3 is 5.73 Å². The van der Waals surface area contributed by atoms with Crippen LogP contribution < -0.4 is 5.73 Å². The van der Waals surface area contributed by atoms with Crippen molar-refractivity contribution in [1.82, 2.24) is 4.98 Å². The number of benzene rings is 2. The highest BCUT2D eigenvalue weighted by Crippen LogP contribution is 2.29. The van der Waals surface area contributed by atoms with E-state index in [9.17, 15) is 4.21 Å². The molecule has 3 aromatic rings. The monoisotopic (exact) mass is 400 g/mol. The van der Waals surface area contributed by atoms with Gasteiger partial charge in [0.1, 0.15) is 0 Å². The number of nitrogen functional groups attached to an aromatic ring is 1. The average molecular weight is 402 g/mol. The summed E-state index contributed by atoms with van der Waals surface area (Å²) >= 11 is 10.9. The maximum atomic E-state index is 12.5. The van der Waals surface area contributed by atoms with Crippen molar-refractivity contribution in [1.29, 1.82) is 0 Å². The second kappa shape index (κ2) is 6.04. The van der Waals surface area contributed by atoms with Crippen molar-refractivity contribution in [2.75, 3.05) is 5.73 Å². The Labute approximate surface area is 141 Å². The number of halogens is 2. The largest absolute Gasteiger partial charge is 0.399 e. The highest BCUT2D eigenvalue weighted by atomic mass is 79.9. The maximum Gasteiger partial charge on any atom is 0.182 e. The van der Waals surface area contributed by atoms with Crippen molar-refractivity contribution in [2.24, 2.45) is 0 Å². The van der Waals surface area contributed by atoms with Gasteiger partial charge in [0.2, 0.25) is 0 Å². The molecule has 0 saturated heterocycles. The first-order chi connectivity index (χ1) is 10.0. The van der Waals surface area contributed by atoms with E-state index in [-0.39, 0.29) is 0 Å². The average Bonchev–Trinajstić information content (AvgIpc) is 2.85. The quantitative estimate of drug-likeness (QED) is 0.652.